The second kappa shape index (κ2) is 7.65. The van der Waals surface area contributed by atoms with Gasteiger partial charge in [-0.2, -0.15) is 9.68 Å². The molecule has 0 atom stereocenters. The van der Waals surface area contributed by atoms with Gasteiger partial charge in [0.15, 0.2) is 0 Å². The molecule has 0 unspecified atom stereocenters. The van der Waals surface area contributed by atoms with Crippen LogP contribution in [0.2, 0.25) is 0 Å². The number of hydroxylamine groups is 2. The molecule has 1 aliphatic rings. The van der Waals surface area contributed by atoms with E-state index in [0.29, 0.717) is 5.06 Å². The molecule has 18 heavy (non-hydrogen) atoms. The first-order valence-electron chi connectivity index (χ1n) is 6.02. The third kappa shape index (κ3) is 4.70. The van der Waals surface area contributed by atoms with Gasteiger partial charge in [-0.3, -0.25) is 19.3 Å². The molecule has 1 heterocycles. The second-order valence-electron chi connectivity index (χ2n) is 3.89. The van der Waals surface area contributed by atoms with Crippen molar-refractivity contribution in [1.29, 1.82) is 0 Å². The molecule has 1 saturated heterocycles. The molecule has 102 valence electrons. The van der Waals surface area contributed by atoms with Gasteiger partial charge in [-0.1, -0.05) is 31.2 Å². The van der Waals surface area contributed by atoms with Crippen LogP contribution in [0.3, 0.4) is 0 Å². The van der Waals surface area contributed by atoms with Gasteiger partial charge in [0.2, 0.25) is 0 Å². The van der Waals surface area contributed by atoms with Crippen molar-refractivity contribution in [3.05, 3.63) is 0 Å². The van der Waals surface area contributed by atoms with E-state index in [9.17, 15) is 14.4 Å². The molecule has 0 N–H and O–H groups in total. The zero-order chi connectivity index (χ0) is 13.4. The number of carbonyl (C=O) groups excluding carboxylic acids is 3. The van der Waals surface area contributed by atoms with E-state index in [-0.39, 0.29) is 19.4 Å². The second-order valence-corrected chi connectivity index (χ2v) is 3.89. The maximum absolute atomic E-state index is 11.1. The zero-order valence-electron chi connectivity index (χ0n) is 10.3. The number of imide groups is 1. The van der Waals surface area contributed by atoms with Gasteiger partial charge in [0, 0.05) is 12.8 Å². The lowest BCUT2D eigenvalue weighted by atomic mass is 10.2. The summed E-state index contributed by atoms with van der Waals surface area (Å²) in [6, 6.07) is 0. The minimum Gasteiger partial charge on any atom is -0.293 e. The van der Waals surface area contributed by atoms with Crippen LogP contribution in [-0.2, 0) is 24.2 Å². The Hall–Kier alpha value is -1.63. The Labute approximate surface area is 105 Å². The van der Waals surface area contributed by atoms with Crippen molar-refractivity contribution < 1.29 is 29.0 Å². The third-order valence-electron chi connectivity index (χ3n) is 2.38. The summed E-state index contributed by atoms with van der Waals surface area (Å²) in [6.07, 6.45) is 2.82. The summed E-state index contributed by atoms with van der Waals surface area (Å²) >= 11 is 0. The highest BCUT2D eigenvalue weighted by molar-refractivity contribution is 6.01. The van der Waals surface area contributed by atoms with Crippen LogP contribution in [0.5, 0.6) is 0 Å². The summed E-state index contributed by atoms with van der Waals surface area (Å²) in [5, 5.41) is 0.406. The van der Waals surface area contributed by atoms with Crippen molar-refractivity contribution in [1.82, 2.24) is 5.06 Å². The minimum atomic E-state index is -1.21. The van der Waals surface area contributed by atoms with Gasteiger partial charge in [0.05, 0.1) is 6.61 Å². The van der Waals surface area contributed by atoms with E-state index in [1.165, 1.54) is 0 Å². The Kier molecular flexibility index (Phi) is 6.13. The summed E-state index contributed by atoms with van der Waals surface area (Å²) < 4.78 is 0. The summed E-state index contributed by atoms with van der Waals surface area (Å²) in [6.45, 7) is 2.34. The molecule has 0 aromatic heterocycles. The van der Waals surface area contributed by atoms with Crippen molar-refractivity contribution in [2.75, 3.05) is 6.61 Å². The normalized spacial score (nSPS) is 15.1. The number of hydrogen-bond acceptors (Lipinski definition) is 6. The van der Waals surface area contributed by atoms with E-state index in [0.717, 1.165) is 25.7 Å². The summed E-state index contributed by atoms with van der Waals surface area (Å²) in [4.78, 5) is 46.5. The number of rotatable bonds is 7. The van der Waals surface area contributed by atoms with Crippen LogP contribution in [0.15, 0.2) is 0 Å². The Bertz CT molecular complexity index is 301. The molecule has 0 aromatic carbocycles. The van der Waals surface area contributed by atoms with Gasteiger partial charge in [-0.15, -0.1) is 0 Å². The molecule has 1 aliphatic heterocycles. The third-order valence-corrected chi connectivity index (χ3v) is 2.38. The van der Waals surface area contributed by atoms with Crippen LogP contribution in [-0.4, -0.2) is 29.6 Å². The van der Waals surface area contributed by atoms with Gasteiger partial charge in [-0.05, 0) is 6.42 Å². The summed E-state index contributed by atoms with van der Waals surface area (Å²) in [7, 11) is 0. The SMILES string of the molecule is CCCCCCOOC(=O)ON1C(=O)CCC1=O. The quantitative estimate of drug-likeness (QED) is 0.299. The molecular weight excluding hydrogens is 242 g/mol. The van der Waals surface area contributed by atoms with E-state index in [4.69, 9.17) is 0 Å². The predicted molar refractivity (Wildman–Crippen MR) is 58.7 cm³/mol. The maximum Gasteiger partial charge on any atom is 0.566 e. The van der Waals surface area contributed by atoms with Crippen LogP contribution in [0.4, 0.5) is 4.79 Å². The minimum absolute atomic E-state index is 0.0456. The fourth-order valence-electron chi connectivity index (χ4n) is 1.43. The van der Waals surface area contributed by atoms with Crippen molar-refractivity contribution >= 4 is 18.0 Å². The van der Waals surface area contributed by atoms with Gasteiger partial charge < -0.3 is 0 Å². The van der Waals surface area contributed by atoms with Gasteiger partial charge >= 0.3 is 6.16 Å². The molecule has 0 spiro atoms. The first kappa shape index (κ1) is 14.4. The van der Waals surface area contributed by atoms with E-state index >= 15 is 0 Å². The number of amides is 2. The molecule has 0 aliphatic carbocycles. The largest absolute Gasteiger partial charge is 0.566 e. The van der Waals surface area contributed by atoms with Gasteiger partial charge in [-0.25, -0.2) is 0 Å². The van der Waals surface area contributed by atoms with Crippen molar-refractivity contribution in [3.63, 3.8) is 0 Å². The van der Waals surface area contributed by atoms with E-state index in [1.54, 1.807) is 0 Å². The first-order chi connectivity index (χ1) is 8.65. The summed E-state index contributed by atoms with van der Waals surface area (Å²) in [5.41, 5.74) is 0. The Morgan fingerprint density at radius 3 is 2.44 bits per heavy atom. The number of unbranched alkanes of at least 4 members (excludes halogenated alkanes) is 3. The molecule has 0 radical (unpaired) electrons. The number of hydrogen-bond donors (Lipinski definition) is 0. The van der Waals surface area contributed by atoms with Crippen LogP contribution in [0, 0.1) is 0 Å². The standard InChI is InChI=1S/C11H17NO6/c1-2-3-4-5-8-16-18-11(15)17-12-9(13)6-7-10(12)14/h2-8H2,1H3. The molecule has 7 nitrogen and oxygen atoms in total. The topological polar surface area (TPSA) is 82.1 Å². The molecule has 2 amide bonds. The number of carbonyl (C=O) groups is 3. The summed E-state index contributed by atoms with van der Waals surface area (Å²) in [5.74, 6) is -1.11. The molecule has 1 fully saturated rings. The van der Waals surface area contributed by atoms with Crippen LogP contribution in [0.1, 0.15) is 45.4 Å². The highest BCUT2D eigenvalue weighted by Gasteiger charge is 2.33. The van der Waals surface area contributed by atoms with E-state index < -0.39 is 18.0 Å². The Balaban J connectivity index is 2.10. The monoisotopic (exact) mass is 259 g/mol. The molecule has 0 bridgehead atoms. The highest BCUT2D eigenvalue weighted by atomic mass is 17.2. The van der Waals surface area contributed by atoms with Crippen LogP contribution >= 0.6 is 0 Å². The van der Waals surface area contributed by atoms with Crippen LogP contribution in [0.25, 0.3) is 0 Å². The smallest absolute Gasteiger partial charge is 0.293 e. The fourth-order valence-corrected chi connectivity index (χ4v) is 1.43. The molecule has 0 saturated carbocycles. The van der Waals surface area contributed by atoms with E-state index in [2.05, 4.69) is 21.5 Å². The lowest BCUT2D eigenvalue weighted by molar-refractivity contribution is -0.271. The van der Waals surface area contributed by atoms with Gasteiger partial charge in [0.25, 0.3) is 11.8 Å². The maximum atomic E-state index is 11.1. The Morgan fingerprint density at radius 2 is 1.83 bits per heavy atom. The first-order valence-corrected chi connectivity index (χ1v) is 6.02. The zero-order valence-corrected chi connectivity index (χ0v) is 10.3. The van der Waals surface area contributed by atoms with Crippen molar-refractivity contribution in [2.45, 2.75) is 45.4 Å². The molecule has 1 rings (SSSR count). The number of nitrogens with zero attached hydrogens (tertiary/aromatic N) is 1. The van der Waals surface area contributed by atoms with E-state index in [1.807, 2.05) is 0 Å². The van der Waals surface area contributed by atoms with Crippen molar-refractivity contribution in [3.8, 4) is 0 Å². The van der Waals surface area contributed by atoms with Crippen LogP contribution < -0.4 is 0 Å². The van der Waals surface area contributed by atoms with Crippen molar-refractivity contribution in [2.24, 2.45) is 0 Å². The average molecular weight is 259 g/mol. The molecule has 7 heteroatoms. The molecular formula is C11H17NO6. The predicted octanol–water partition coefficient (Wildman–Crippen LogP) is 1.72. The lowest BCUT2D eigenvalue weighted by Gasteiger charge is -2.11. The lowest BCUT2D eigenvalue weighted by Crippen LogP contribution is -2.32. The Morgan fingerprint density at radius 1 is 1.17 bits per heavy atom. The highest BCUT2D eigenvalue weighted by Crippen LogP contribution is 2.12. The molecule has 0 aromatic rings. The average Bonchev–Trinajstić information content (AvgIpc) is 2.65. The van der Waals surface area contributed by atoms with Gasteiger partial charge in [0.1, 0.15) is 0 Å². The fraction of sp³-hybridized carbons (Fsp3) is 0.727.